The van der Waals surface area contributed by atoms with Crippen LogP contribution in [0, 0.1) is 5.92 Å². The minimum atomic E-state index is 0.221. The molecule has 1 aliphatic rings. The van der Waals surface area contributed by atoms with Gasteiger partial charge in [0.15, 0.2) is 0 Å². The van der Waals surface area contributed by atoms with Crippen LogP contribution in [0.3, 0.4) is 0 Å². The van der Waals surface area contributed by atoms with Gasteiger partial charge >= 0.3 is 0 Å². The quantitative estimate of drug-likeness (QED) is 0.876. The monoisotopic (exact) mass is 344 g/mol. The number of halogens is 1. The third kappa shape index (κ3) is 3.60. The van der Waals surface area contributed by atoms with Crippen molar-refractivity contribution in [1.82, 2.24) is 4.90 Å². The molecule has 1 aromatic heterocycles. The summed E-state index contributed by atoms with van der Waals surface area (Å²) in [5.74, 6) is 0.783. The Morgan fingerprint density at radius 3 is 2.74 bits per heavy atom. The molecule has 2 nitrogen and oxygen atoms in total. The van der Waals surface area contributed by atoms with Gasteiger partial charge in [0, 0.05) is 23.5 Å². The SMILES string of the molecule is CCC(N)C(c1ccc(Br)s1)N1CC(C)CCC1C. The maximum atomic E-state index is 6.45. The molecule has 2 rings (SSSR count). The zero-order valence-electron chi connectivity index (χ0n) is 12.1. The predicted molar refractivity (Wildman–Crippen MR) is 87.6 cm³/mol. The molecule has 4 heteroatoms. The van der Waals surface area contributed by atoms with Crippen molar-refractivity contribution in [3.05, 3.63) is 20.8 Å². The molecule has 108 valence electrons. The minimum absolute atomic E-state index is 0.221. The Hall–Kier alpha value is 0.1000. The predicted octanol–water partition coefficient (Wildman–Crippen LogP) is 4.41. The molecule has 1 aliphatic heterocycles. The maximum Gasteiger partial charge on any atom is 0.0702 e. The number of thiophene rings is 1. The Balaban J connectivity index is 2.26. The van der Waals surface area contributed by atoms with E-state index in [1.54, 1.807) is 0 Å². The first-order chi connectivity index (χ1) is 9.02. The smallest absolute Gasteiger partial charge is 0.0702 e. The van der Waals surface area contributed by atoms with Crippen LogP contribution in [-0.2, 0) is 0 Å². The lowest BCUT2D eigenvalue weighted by Crippen LogP contribution is -2.49. The van der Waals surface area contributed by atoms with Gasteiger partial charge in [0.25, 0.3) is 0 Å². The minimum Gasteiger partial charge on any atom is -0.326 e. The van der Waals surface area contributed by atoms with Gasteiger partial charge in [-0.25, -0.2) is 0 Å². The van der Waals surface area contributed by atoms with E-state index in [1.807, 2.05) is 11.3 Å². The van der Waals surface area contributed by atoms with E-state index in [2.05, 4.69) is 53.7 Å². The fourth-order valence-corrected chi connectivity index (χ4v) is 4.66. The number of likely N-dealkylation sites (tertiary alicyclic amines) is 1. The molecule has 19 heavy (non-hydrogen) atoms. The van der Waals surface area contributed by atoms with Gasteiger partial charge in [-0.05, 0) is 60.2 Å². The number of hydrogen-bond donors (Lipinski definition) is 1. The molecule has 1 saturated heterocycles. The second kappa shape index (κ2) is 6.70. The summed E-state index contributed by atoms with van der Waals surface area (Å²) in [4.78, 5) is 4.04. The Morgan fingerprint density at radius 2 is 2.16 bits per heavy atom. The molecule has 0 radical (unpaired) electrons. The standard InChI is InChI=1S/C15H25BrN2S/c1-4-12(17)15(13-7-8-14(16)19-13)18-9-10(2)5-6-11(18)3/h7-8,10-12,15H,4-6,9,17H2,1-3H3. The summed E-state index contributed by atoms with van der Waals surface area (Å²) in [5.41, 5.74) is 6.45. The molecule has 4 unspecified atom stereocenters. The fraction of sp³-hybridized carbons (Fsp3) is 0.733. The molecule has 1 fully saturated rings. The first-order valence-electron chi connectivity index (χ1n) is 7.29. The Kier molecular flexibility index (Phi) is 5.46. The van der Waals surface area contributed by atoms with E-state index in [1.165, 1.54) is 28.0 Å². The molecule has 2 heterocycles. The molecular weight excluding hydrogens is 320 g/mol. The van der Waals surface area contributed by atoms with Crippen molar-refractivity contribution in [1.29, 1.82) is 0 Å². The van der Waals surface area contributed by atoms with Crippen molar-refractivity contribution in [2.75, 3.05) is 6.54 Å². The van der Waals surface area contributed by atoms with Crippen LogP contribution >= 0.6 is 27.3 Å². The van der Waals surface area contributed by atoms with Crippen LogP contribution in [-0.4, -0.2) is 23.5 Å². The van der Waals surface area contributed by atoms with Crippen molar-refractivity contribution in [2.45, 2.75) is 58.2 Å². The Morgan fingerprint density at radius 1 is 1.42 bits per heavy atom. The first kappa shape index (κ1) is 15.5. The van der Waals surface area contributed by atoms with Crippen LogP contribution in [0.25, 0.3) is 0 Å². The summed E-state index contributed by atoms with van der Waals surface area (Å²) >= 11 is 5.41. The average molecular weight is 345 g/mol. The number of rotatable bonds is 4. The third-order valence-electron chi connectivity index (χ3n) is 4.29. The van der Waals surface area contributed by atoms with Gasteiger partial charge < -0.3 is 5.73 Å². The molecule has 4 atom stereocenters. The van der Waals surface area contributed by atoms with Crippen molar-refractivity contribution >= 4 is 27.3 Å². The van der Waals surface area contributed by atoms with Gasteiger partial charge in [0.1, 0.15) is 0 Å². The zero-order chi connectivity index (χ0) is 14.0. The van der Waals surface area contributed by atoms with Crippen LogP contribution in [0.5, 0.6) is 0 Å². The van der Waals surface area contributed by atoms with Crippen molar-refractivity contribution in [3.63, 3.8) is 0 Å². The first-order valence-corrected chi connectivity index (χ1v) is 8.90. The van der Waals surface area contributed by atoms with Gasteiger partial charge in [-0.3, -0.25) is 4.90 Å². The number of hydrogen-bond acceptors (Lipinski definition) is 3. The van der Waals surface area contributed by atoms with Crippen LogP contribution < -0.4 is 5.73 Å². The molecule has 1 aromatic rings. The lowest BCUT2D eigenvalue weighted by atomic mass is 9.91. The summed E-state index contributed by atoms with van der Waals surface area (Å²) in [6.07, 6.45) is 3.66. The van der Waals surface area contributed by atoms with E-state index in [0.29, 0.717) is 12.1 Å². The maximum absolute atomic E-state index is 6.45. The number of nitrogens with two attached hydrogens (primary N) is 1. The number of nitrogens with zero attached hydrogens (tertiary/aromatic N) is 1. The topological polar surface area (TPSA) is 29.3 Å². The van der Waals surface area contributed by atoms with Gasteiger partial charge in [0.05, 0.1) is 9.83 Å². The molecule has 2 N–H and O–H groups in total. The second-order valence-electron chi connectivity index (χ2n) is 5.89. The summed E-state index contributed by atoms with van der Waals surface area (Å²) in [5, 5.41) is 0. The van der Waals surface area contributed by atoms with Crippen LogP contribution in [0.1, 0.15) is 51.0 Å². The second-order valence-corrected chi connectivity index (χ2v) is 8.38. The van der Waals surface area contributed by atoms with E-state index in [9.17, 15) is 0 Å². The third-order valence-corrected chi connectivity index (χ3v) is 5.98. The highest BCUT2D eigenvalue weighted by Gasteiger charge is 2.33. The molecule has 0 spiro atoms. The summed E-state index contributed by atoms with van der Waals surface area (Å²) in [6, 6.07) is 5.62. The average Bonchev–Trinajstić information content (AvgIpc) is 2.80. The molecule has 0 aliphatic carbocycles. The van der Waals surface area contributed by atoms with Crippen LogP contribution in [0.4, 0.5) is 0 Å². The van der Waals surface area contributed by atoms with Crippen LogP contribution in [0.15, 0.2) is 15.9 Å². The van der Waals surface area contributed by atoms with Gasteiger partial charge in [0.2, 0.25) is 0 Å². The largest absolute Gasteiger partial charge is 0.326 e. The van der Waals surface area contributed by atoms with Gasteiger partial charge in [-0.1, -0.05) is 13.8 Å². The van der Waals surface area contributed by atoms with E-state index in [-0.39, 0.29) is 6.04 Å². The Bertz CT molecular complexity index is 407. The van der Waals surface area contributed by atoms with Crippen molar-refractivity contribution < 1.29 is 0 Å². The summed E-state index contributed by atoms with van der Waals surface area (Å²) in [7, 11) is 0. The van der Waals surface area contributed by atoms with Crippen molar-refractivity contribution in [3.8, 4) is 0 Å². The zero-order valence-corrected chi connectivity index (χ0v) is 14.5. The molecule has 0 saturated carbocycles. The lowest BCUT2D eigenvalue weighted by Gasteiger charge is -2.43. The lowest BCUT2D eigenvalue weighted by molar-refractivity contribution is 0.0642. The molecule has 0 bridgehead atoms. The van der Waals surface area contributed by atoms with Crippen LogP contribution in [0.2, 0.25) is 0 Å². The van der Waals surface area contributed by atoms with Crippen molar-refractivity contribution in [2.24, 2.45) is 11.7 Å². The van der Waals surface area contributed by atoms with E-state index >= 15 is 0 Å². The normalized spacial score (nSPS) is 28.3. The fourth-order valence-electron chi connectivity index (χ4n) is 3.04. The Labute approximate surface area is 129 Å². The summed E-state index contributed by atoms with van der Waals surface area (Å²) < 4.78 is 1.20. The van der Waals surface area contributed by atoms with Gasteiger partial charge in [-0.15, -0.1) is 11.3 Å². The number of piperidine rings is 1. The van der Waals surface area contributed by atoms with E-state index in [0.717, 1.165) is 12.3 Å². The van der Waals surface area contributed by atoms with E-state index < -0.39 is 0 Å². The highest BCUT2D eigenvalue weighted by molar-refractivity contribution is 9.11. The highest BCUT2D eigenvalue weighted by atomic mass is 79.9. The molecule has 0 amide bonds. The molecule has 0 aromatic carbocycles. The molecular formula is C15H25BrN2S. The summed E-state index contributed by atoms with van der Waals surface area (Å²) in [6.45, 7) is 8.08. The van der Waals surface area contributed by atoms with Gasteiger partial charge in [-0.2, -0.15) is 0 Å². The highest BCUT2D eigenvalue weighted by Crippen LogP contribution is 2.37. The van der Waals surface area contributed by atoms with E-state index in [4.69, 9.17) is 5.73 Å².